The van der Waals surface area contributed by atoms with E-state index in [2.05, 4.69) is 20.9 Å². The first kappa shape index (κ1) is 16.0. The monoisotopic (exact) mass is 371 g/mol. The molecule has 0 saturated heterocycles. The van der Waals surface area contributed by atoms with E-state index < -0.39 is 0 Å². The van der Waals surface area contributed by atoms with E-state index in [-0.39, 0.29) is 17.2 Å². The number of ketones is 1. The van der Waals surface area contributed by atoms with Crippen molar-refractivity contribution in [1.82, 2.24) is 4.98 Å². The summed E-state index contributed by atoms with van der Waals surface area (Å²) >= 11 is 3.53. The fourth-order valence-electron chi connectivity index (χ4n) is 2.84. The summed E-state index contributed by atoms with van der Waals surface area (Å²) in [5, 5.41) is 10.0. The Labute approximate surface area is 143 Å². The molecule has 0 aliphatic heterocycles. The molecule has 2 aromatic carbocycles. The second-order valence-electron chi connectivity index (χ2n) is 5.51. The molecule has 0 aliphatic carbocycles. The molecule has 0 spiro atoms. The number of halogens is 1. The summed E-state index contributed by atoms with van der Waals surface area (Å²) in [7, 11) is 0. The van der Waals surface area contributed by atoms with E-state index in [0.717, 1.165) is 28.5 Å². The zero-order valence-electron chi connectivity index (χ0n) is 12.6. The molecule has 1 heterocycles. The Bertz CT molecular complexity index is 811. The molecule has 1 unspecified atom stereocenters. The van der Waals surface area contributed by atoms with Crippen molar-refractivity contribution in [3.8, 4) is 0 Å². The van der Waals surface area contributed by atoms with Crippen LogP contribution in [0, 0.1) is 0 Å². The molecule has 3 rings (SSSR count). The number of nitrogens with one attached hydrogen (secondary N) is 1. The highest BCUT2D eigenvalue weighted by Crippen LogP contribution is 2.32. The van der Waals surface area contributed by atoms with Crippen molar-refractivity contribution in [2.24, 2.45) is 0 Å². The molecule has 3 aromatic rings. The maximum Gasteiger partial charge on any atom is 0.183 e. The Morgan fingerprint density at radius 2 is 1.91 bits per heavy atom. The molecule has 0 bridgehead atoms. The third kappa shape index (κ3) is 3.23. The molecule has 0 saturated carbocycles. The molecule has 1 atom stereocenters. The Balaban J connectivity index is 2.00. The predicted molar refractivity (Wildman–Crippen MR) is 96.1 cm³/mol. The lowest BCUT2D eigenvalue weighted by Gasteiger charge is -2.10. The Morgan fingerprint density at radius 1 is 1.13 bits per heavy atom. The van der Waals surface area contributed by atoms with E-state index in [0.29, 0.717) is 12.0 Å². The summed E-state index contributed by atoms with van der Waals surface area (Å²) < 4.78 is 0. The number of carbonyl (C=O) groups excluding carboxylic acids is 1. The van der Waals surface area contributed by atoms with Crippen LogP contribution < -0.4 is 0 Å². The zero-order valence-corrected chi connectivity index (χ0v) is 14.2. The van der Waals surface area contributed by atoms with Crippen LogP contribution in [0.15, 0.2) is 54.7 Å². The number of fused-ring (bicyclic) bond motifs is 1. The number of H-pyrrole nitrogens is 1. The van der Waals surface area contributed by atoms with Gasteiger partial charge in [0.2, 0.25) is 0 Å². The maximum atomic E-state index is 12.9. The molecule has 4 heteroatoms. The molecular weight excluding hydrogens is 354 g/mol. The first-order chi connectivity index (χ1) is 11.2. The summed E-state index contributed by atoms with van der Waals surface area (Å²) in [6, 6.07) is 15.7. The van der Waals surface area contributed by atoms with E-state index in [1.54, 1.807) is 6.20 Å². The molecule has 3 nitrogen and oxygen atoms in total. The predicted octanol–water partition coefficient (Wildman–Crippen LogP) is 4.41. The van der Waals surface area contributed by atoms with Crippen LogP contribution in [0.3, 0.4) is 0 Å². The maximum absolute atomic E-state index is 12.9. The van der Waals surface area contributed by atoms with Crippen molar-refractivity contribution in [1.29, 1.82) is 0 Å². The van der Waals surface area contributed by atoms with Crippen LogP contribution in [0.4, 0.5) is 0 Å². The zero-order chi connectivity index (χ0) is 16.2. The Morgan fingerprint density at radius 3 is 2.65 bits per heavy atom. The van der Waals surface area contributed by atoms with Gasteiger partial charge in [0.05, 0.1) is 0 Å². The van der Waals surface area contributed by atoms with Gasteiger partial charge >= 0.3 is 0 Å². The van der Waals surface area contributed by atoms with Gasteiger partial charge in [-0.05, 0) is 30.0 Å². The molecule has 0 amide bonds. The van der Waals surface area contributed by atoms with Crippen LogP contribution >= 0.6 is 15.9 Å². The number of aromatic amines is 1. The summed E-state index contributed by atoms with van der Waals surface area (Å²) in [4.78, 5) is 15.8. The van der Waals surface area contributed by atoms with Gasteiger partial charge in [0, 0.05) is 29.3 Å². The summed E-state index contributed by atoms with van der Waals surface area (Å²) in [5.74, 6) is 0.0406. The van der Waals surface area contributed by atoms with Gasteiger partial charge in [-0.2, -0.15) is 0 Å². The third-order valence-corrected chi connectivity index (χ3v) is 4.93. The minimum Gasteiger partial charge on any atom is -0.396 e. The van der Waals surface area contributed by atoms with Crippen molar-refractivity contribution in [3.05, 3.63) is 71.4 Å². The van der Waals surface area contributed by atoms with Crippen molar-refractivity contribution < 1.29 is 9.90 Å². The normalized spacial score (nSPS) is 12.4. The standard InChI is InChI=1S/C19H18BrNO2/c20-18(14-6-2-1-3-7-14)19(23)15-12-21-16-10-4-8-13(17(15)16)9-5-11-22/h1-4,6-8,10,12,18,21-22H,5,9,11H2. The SMILES string of the molecule is O=C(c1c[nH]c2cccc(CCCO)c12)C(Br)c1ccccc1. The summed E-state index contributed by atoms with van der Waals surface area (Å²) in [5.41, 5.74) is 3.68. The first-order valence-electron chi connectivity index (χ1n) is 7.65. The van der Waals surface area contributed by atoms with Gasteiger partial charge in [0.15, 0.2) is 5.78 Å². The van der Waals surface area contributed by atoms with E-state index in [1.165, 1.54) is 0 Å². The molecule has 1 aromatic heterocycles. The minimum absolute atomic E-state index is 0.0406. The summed E-state index contributed by atoms with van der Waals surface area (Å²) in [6.07, 6.45) is 3.23. The molecule has 0 aliphatic rings. The third-order valence-electron chi connectivity index (χ3n) is 3.98. The van der Waals surface area contributed by atoms with Gasteiger partial charge in [-0.1, -0.05) is 58.4 Å². The Kier molecular flexibility index (Phi) is 4.94. The van der Waals surface area contributed by atoms with Crippen molar-refractivity contribution in [2.75, 3.05) is 6.61 Å². The number of hydrogen-bond donors (Lipinski definition) is 2. The number of Topliss-reactive ketones (excluding diaryl/α,β-unsaturated/α-hetero) is 1. The van der Waals surface area contributed by atoms with Crippen molar-refractivity contribution in [2.45, 2.75) is 17.7 Å². The highest BCUT2D eigenvalue weighted by atomic mass is 79.9. The summed E-state index contributed by atoms with van der Waals surface area (Å²) in [6.45, 7) is 0.148. The molecule has 23 heavy (non-hydrogen) atoms. The van der Waals surface area contributed by atoms with Crippen LogP contribution in [-0.2, 0) is 6.42 Å². The highest BCUT2D eigenvalue weighted by molar-refractivity contribution is 9.09. The average molecular weight is 372 g/mol. The fourth-order valence-corrected chi connectivity index (χ4v) is 3.39. The van der Waals surface area contributed by atoms with Crippen LogP contribution in [0.1, 0.15) is 32.7 Å². The number of aryl methyl sites for hydroxylation is 1. The van der Waals surface area contributed by atoms with Gasteiger partial charge in [0.1, 0.15) is 4.83 Å². The van der Waals surface area contributed by atoms with Gasteiger partial charge in [-0.3, -0.25) is 4.79 Å². The van der Waals surface area contributed by atoms with Crippen LogP contribution in [0.2, 0.25) is 0 Å². The van der Waals surface area contributed by atoms with Crippen LogP contribution in [0.5, 0.6) is 0 Å². The second-order valence-corrected chi connectivity index (χ2v) is 6.42. The number of alkyl halides is 1. The lowest BCUT2D eigenvalue weighted by molar-refractivity contribution is 0.0993. The second kappa shape index (κ2) is 7.11. The quantitative estimate of drug-likeness (QED) is 0.497. The number of hydrogen-bond acceptors (Lipinski definition) is 2. The lowest BCUT2D eigenvalue weighted by atomic mass is 9.97. The fraction of sp³-hybridized carbons (Fsp3) is 0.211. The van der Waals surface area contributed by atoms with Crippen molar-refractivity contribution >= 4 is 32.6 Å². The largest absolute Gasteiger partial charge is 0.396 e. The van der Waals surface area contributed by atoms with Gasteiger partial charge < -0.3 is 10.1 Å². The number of rotatable bonds is 6. The van der Waals surface area contributed by atoms with Gasteiger partial charge in [-0.15, -0.1) is 0 Å². The molecular formula is C19H18BrNO2. The first-order valence-corrected chi connectivity index (χ1v) is 8.57. The molecule has 0 fully saturated rings. The van der Waals surface area contributed by atoms with E-state index >= 15 is 0 Å². The van der Waals surface area contributed by atoms with Crippen molar-refractivity contribution in [3.63, 3.8) is 0 Å². The van der Waals surface area contributed by atoms with Gasteiger partial charge in [0.25, 0.3) is 0 Å². The molecule has 118 valence electrons. The lowest BCUT2D eigenvalue weighted by Crippen LogP contribution is -2.07. The number of carbonyl (C=O) groups is 1. The molecule has 0 radical (unpaired) electrons. The van der Waals surface area contributed by atoms with Gasteiger partial charge in [-0.25, -0.2) is 0 Å². The van der Waals surface area contributed by atoms with Crippen LogP contribution in [-0.4, -0.2) is 22.5 Å². The van der Waals surface area contributed by atoms with E-state index in [1.807, 2.05) is 48.5 Å². The highest BCUT2D eigenvalue weighted by Gasteiger charge is 2.22. The average Bonchev–Trinajstić information content (AvgIpc) is 3.04. The minimum atomic E-state index is -0.367. The number of aliphatic hydroxyl groups excluding tert-OH is 1. The number of benzene rings is 2. The number of aliphatic hydroxyl groups is 1. The number of aromatic nitrogens is 1. The Hall–Kier alpha value is -1.91. The smallest absolute Gasteiger partial charge is 0.183 e. The van der Waals surface area contributed by atoms with E-state index in [9.17, 15) is 4.79 Å². The molecule has 2 N–H and O–H groups in total. The van der Waals surface area contributed by atoms with Crippen LogP contribution in [0.25, 0.3) is 10.9 Å². The van der Waals surface area contributed by atoms with E-state index in [4.69, 9.17) is 5.11 Å². The topological polar surface area (TPSA) is 53.1 Å².